The number of fused-ring (bicyclic) bond motifs is 1. The van der Waals surface area contributed by atoms with Crippen LogP contribution in [0.25, 0.3) is 16.3 Å². The minimum absolute atomic E-state index is 0.145. The van der Waals surface area contributed by atoms with Gasteiger partial charge in [0.05, 0.1) is 21.6 Å². The van der Waals surface area contributed by atoms with Crippen molar-refractivity contribution >= 4 is 44.4 Å². The highest BCUT2D eigenvalue weighted by Gasteiger charge is 2.20. The van der Waals surface area contributed by atoms with Gasteiger partial charge in [-0.05, 0) is 44.2 Å². The van der Waals surface area contributed by atoms with Crippen LogP contribution < -0.4 is 4.90 Å². The van der Waals surface area contributed by atoms with E-state index in [1.165, 1.54) is 11.3 Å². The highest BCUT2D eigenvalue weighted by molar-refractivity contribution is 7.22. The van der Waals surface area contributed by atoms with Crippen LogP contribution in [-0.4, -0.2) is 20.7 Å². The van der Waals surface area contributed by atoms with Gasteiger partial charge in [0.1, 0.15) is 0 Å². The van der Waals surface area contributed by atoms with Gasteiger partial charge in [-0.3, -0.25) is 14.4 Å². The number of nitrogens with zero attached hydrogens (tertiary/aromatic N) is 4. The van der Waals surface area contributed by atoms with Crippen LogP contribution >= 0.6 is 11.3 Å². The Balaban J connectivity index is 1.75. The molecule has 0 atom stereocenters. The number of thiazole rings is 1. The summed E-state index contributed by atoms with van der Waals surface area (Å²) in [6.45, 7) is 3.94. The number of hydrogen-bond acceptors (Lipinski definition) is 4. The quantitative estimate of drug-likeness (QED) is 0.461. The van der Waals surface area contributed by atoms with E-state index in [4.69, 9.17) is 0 Å². The Hall–Kier alpha value is -3.25. The molecule has 4 aromatic rings. The van der Waals surface area contributed by atoms with E-state index in [0.717, 1.165) is 32.9 Å². The second-order valence-corrected chi connectivity index (χ2v) is 7.52. The van der Waals surface area contributed by atoms with Crippen molar-refractivity contribution in [3.05, 3.63) is 77.6 Å². The van der Waals surface area contributed by atoms with E-state index in [9.17, 15) is 4.79 Å². The molecule has 2 aromatic heterocycles. The van der Waals surface area contributed by atoms with Gasteiger partial charge < -0.3 is 0 Å². The summed E-state index contributed by atoms with van der Waals surface area (Å²) in [5.41, 5.74) is 4.56. The van der Waals surface area contributed by atoms with Crippen LogP contribution in [0.15, 0.2) is 60.7 Å². The number of benzene rings is 2. The number of amides is 1. The summed E-state index contributed by atoms with van der Waals surface area (Å²) < 4.78 is 2.87. The van der Waals surface area contributed by atoms with Crippen LogP contribution in [0.5, 0.6) is 0 Å². The predicted octanol–water partition coefficient (Wildman–Crippen LogP) is 5.02. The lowest BCUT2D eigenvalue weighted by atomic mass is 10.2. The molecule has 0 aliphatic carbocycles. The minimum atomic E-state index is -0.145. The van der Waals surface area contributed by atoms with Gasteiger partial charge >= 0.3 is 0 Å². The van der Waals surface area contributed by atoms with E-state index in [0.29, 0.717) is 5.13 Å². The zero-order valence-electron chi connectivity index (χ0n) is 16.0. The molecule has 140 valence electrons. The molecule has 1 amide bonds. The third-order valence-electron chi connectivity index (χ3n) is 4.67. The molecule has 4 rings (SSSR count). The Morgan fingerprint density at radius 2 is 1.79 bits per heavy atom. The average Bonchev–Trinajstić information content (AvgIpc) is 3.22. The maximum absolute atomic E-state index is 13.2. The van der Waals surface area contributed by atoms with Crippen molar-refractivity contribution in [1.82, 2.24) is 14.8 Å². The number of para-hydroxylation sites is 2. The summed E-state index contributed by atoms with van der Waals surface area (Å²) in [5.74, 6) is -0.145. The third-order valence-corrected chi connectivity index (χ3v) is 5.69. The lowest BCUT2D eigenvalue weighted by Gasteiger charge is -2.18. The number of hydrogen-bond donors (Lipinski definition) is 0. The molecule has 0 aliphatic rings. The molecule has 0 bridgehead atoms. The number of anilines is 2. The monoisotopic (exact) mass is 388 g/mol. The topological polar surface area (TPSA) is 51.0 Å². The second kappa shape index (κ2) is 7.40. The van der Waals surface area contributed by atoms with Gasteiger partial charge in [0.15, 0.2) is 5.13 Å². The van der Waals surface area contributed by atoms with E-state index >= 15 is 0 Å². The molecular formula is C22H20N4OS. The molecule has 6 heteroatoms. The van der Waals surface area contributed by atoms with Crippen LogP contribution in [0.1, 0.15) is 17.0 Å². The standard InChI is InChI=1S/C22H20N4OS/c1-15-18(16(2)25(3)24-15)13-14-21(27)26(17-9-5-4-6-10-17)22-23-19-11-7-8-12-20(19)28-22/h4-14H,1-3H3. The first-order valence-corrected chi connectivity index (χ1v) is 9.79. The molecule has 0 saturated carbocycles. The summed E-state index contributed by atoms with van der Waals surface area (Å²) >= 11 is 1.50. The van der Waals surface area contributed by atoms with Crippen LogP contribution in [-0.2, 0) is 11.8 Å². The third kappa shape index (κ3) is 3.34. The van der Waals surface area contributed by atoms with Gasteiger partial charge in [-0.25, -0.2) is 4.98 Å². The van der Waals surface area contributed by atoms with Crippen LogP contribution in [0.4, 0.5) is 10.8 Å². The molecule has 28 heavy (non-hydrogen) atoms. The minimum Gasteiger partial charge on any atom is -0.272 e. The summed E-state index contributed by atoms with van der Waals surface area (Å²) in [6.07, 6.45) is 3.43. The first kappa shape index (κ1) is 18.1. The van der Waals surface area contributed by atoms with E-state index in [-0.39, 0.29) is 5.91 Å². The van der Waals surface area contributed by atoms with Crippen molar-refractivity contribution in [2.75, 3.05) is 4.90 Å². The molecule has 2 aromatic carbocycles. The zero-order chi connectivity index (χ0) is 19.7. The van der Waals surface area contributed by atoms with Crippen LogP contribution in [0.2, 0.25) is 0 Å². The molecule has 5 nitrogen and oxygen atoms in total. The zero-order valence-corrected chi connectivity index (χ0v) is 16.8. The highest BCUT2D eigenvalue weighted by atomic mass is 32.1. The predicted molar refractivity (Wildman–Crippen MR) is 115 cm³/mol. The second-order valence-electron chi connectivity index (χ2n) is 6.51. The summed E-state index contributed by atoms with van der Waals surface area (Å²) in [4.78, 5) is 19.5. The smallest absolute Gasteiger partial charge is 0.257 e. The Kier molecular flexibility index (Phi) is 4.79. The van der Waals surface area contributed by atoms with Crippen molar-refractivity contribution in [1.29, 1.82) is 0 Å². The number of rotatable bonds is 4. The number of aryl methyl sites for hydroxylation is 2. The summed E-state index contributed by atoms with van der Waals surface area (Å²) in [5, 5.41) is 5.06. The first-order valence-electron chi connectivity index (χ1n) is 8.97. The SMILES string of the molecule is Cc1nn(C)c(C)c1C=CC(=O)N(c1ccccc1)c1nc2ccccc2s1. The molecule has 0 spiro atoms. The Bertz CT molecular complexity index is 1140. The number of carbonyl (C=O) groups is 1. The number of carbonyl (C=O) groups excluding carboxylic acids is 1. The maximum Gasteiger partial charge on any atom is 0.257 e. The van der Waals surface area contributed by atoms with E-state index < -0.39 is 0 Å². The van der Waals surface area contributed by atoms with Crippen molar-refractivity contribution < 1.29 is 4.79 Å². The lowest BCUT2D eigenvalue weighted by molar-refractivity contribution is -0.113. The molecule has 0 saturated heterocycles. The Labute approximate surface area is 167 Å². The molecule has 2 heterocycles. The Morgan fingerprint density at radius 1 is 1.07 bits per heavy atom. The maximum atomic E-state index is 13.2. The van der Waals surface area contributed by atoms with E-state index in [1.807, 2.05) is 86.3 Å². The largest absolute Gasteiger partial charge is 0.272 e. The van der Waals surface area contributed by atoms with Crippen molar-refractivity contribution in [3.63, 3.8) is 0 Å². The van der Waals surface area contributed by atoms with Gasteiger partial charge in [-0.1, -0.05) is 41.7 Å². The fourth-order valence-electron chi connectivity index (χ4n) is 3.13. The molecule has 0 aliphatic heterocycles. The molecule has 0 unspecified atom stereocenters. The first-order chi connectivity index (χ1) is 13.5. The van der Waals surface area contributed by atoms with Gasteiger partial charge in [-0.15, -0.1) is 0 Å². The van der Waals surface area contributed by atoms with Crippen LogP contribution in [0, 0.1) is 13.8 Å². The highest BCUT2D eigenvalue weighted by Crippen LogP contribution is 2.33. The number of aromatic nitrogens is 3. The van der Waals surface area contributed by atoms with Gasteiger partial charge in [0.2, 0.25) is 0 Å². The van der Waals surface area contributed by atoms with E-state index in [2.05, 4.69) is 10.1 Å². The Morgan fingerprint density at radius 3 is 2.46 bits per heavy atom. The lowest BCUT2D eigenvalue weighted by Crippen LogP contribution is -2.23. The summed E-state index contributed by atoms with van der Waals surface area (Å²) in [6, 6.07) is 17.5. The van der Waals surface area contributed by atoms with Crippen molar-refractivity contribution in [2.24, 2.45) is 7.05 Å². The van der Waals surface area contributed by atoms with Crippen molar-refractivity contribution in [2.45, 2.75) is 13.8 Å². The van der Waals surface area contributed by atoms with Crippen molar-refractivity contribution in [3.8, 4) is 0 Å². The van der Waals surface area contributed by atoms with Gasteiger partial charge in [-0.2, -0.15) is 5.10 Å². The molecule has 0 radical (unpaired) electrons. The molecule has 0 N–H and O–H groups in total. The molecule has 0 fully saturated rings. The fourth-order valence-corrected chi connectivity index (χ4v) is 4.12. The average molecular weight is 388 g/mol. The molecular weight excluding hydrogens is 368 g/mol. The fraction of sp³-hybridized carbons (Fsp3) is 0.136. The van der Waals surface area contributed by atoms with E-state index in [1.54, 1.807) is 11.0 Å². The normalized spacial score (nSPS) is 11.4. The van der Waals surface area contributed by atoms with Gasteiger partial charge in [0.25, 0.3) is 5.91 Å². The van der Waals surface area contributed by atoms with Gasteiger partial charge in [0, 0.05) is 24.4 Å². The van der Waals surface area contributed by atoms with Crippen LogP contribution in [0.3, 0.4) is 0 Å². The summed E-state index contributed by atoms with van der Waals surface area (Å²) in [7, 11) is 1.90.